The van der Waals surface area contributed by atoms with Crippen LogP contribution in [0.3, 0.4) is 0 Å². The zero-order chi connectivity index (χ0) is 17.7. The summed E-state index contributed by atoms with van der Waals surface area (Å²) in [5.74, 6) is -0.612. The third kappa shape index (κ3) is 4.82. The fraction of sp³-hybridized carbons (Fsp3) is 0.235. The Morgan fingerprint density at radius 3 is 2.38 bits per heavy atom. The Labute approximate surface area is 150 Å². The summed E-state index contributed by atoms with van der Waals surface area (Å²) >= 11 is 3.38. The number of esters is 1. The smallest absolute Gasteiger partial charge is 0.327 e. The van der Waals surface area contributed by atoms with Crippen molar-refractivity contribution in [3.05, 3.63) is 64.1 Å². The van der Waals surface area contributed by atoms with Gasteiger partial charge < -0.3 is 4.74 Å². The summed E-state index contributed by atoms with van der Waals surface area (Å²) in [5.41, 5.74) is 2.05. The van der Waals surface area contributed by atoms with Crippen LogP contribution in [0.25, 0.3) is 0 Å². The van der Waals surface area contributed by atoms with Gasteiger partial charge in [0.25, 0.3) is 0 Å². The highest BCUT2D eigenvalue weighted by atomic mass is 79.9. The number of hydrogen-bond acceptors (Lipinski definition) is 4. The van der Waals surface area contributed by atoms with E-state index >= 15 is 0 Å². The molecule has 0 atom stereocenters. The van der Waals surface area contributed by atoms with Gasteiger partial charge in [-0.25, -0.2) is 8.42 Å². The third-order valence-corrected chi connectivity index (χ3v) is 5.30. The molecule has 0 heterocycles. The lowest BCUT2D eigenvalue weighted by atomic mass is 10.2. The highest BCUT2D eigenvalue weighted by Gasteiger charge is 2.23. The van der Waals surface area contributed by atoms with Gasteiger partial charge in [0, 0.05) is 10.0 Å². The maximum absolute atomic E-state index is 12.1. The summed E-state index contributed by atoms with van der Waals surface area (Å²) in [4.78, 5) is 12.1. The van der Waals surface area contributed by atoms with Crippen molar-refractivity contribution >= 4 is 37.6 Å². The average molecular weight is 412 g/mol. The van der Waals surface area contributed by atoms with Gasteiger partial charge >= 0.3 is 5.97 Å². The van der Waals surface area contributed by atoms with Gasteiger partial charge in [0.15, 0.2) is 0 Å². The number of aryl methyl sites for hydroxylation is 1. The molecule has 0 N–H and O–H groups in total. The zero-order valence-corrected chi connectivity index (χ0v) is 15.8. The van der Waals surface area contributed by atoms with Crippen molar-refractivity contribution in [2.24, 2.45) is 0 Å². The molecule has 0 aliphatic rings. The van der Waals surface area contributed by atoms with Crippen molar-refractivity contribution < 1.29 is 17.9 Å². The van der Waals surface area contributed by atoms with Gasteiger partial charge in [0.05, 0.1) is 11.9 Å². The second-order valence-corrected chi connectivity index (χ2v) is 8.07. The molecule has 2 aromatic carbocycles. The first kappa shape index (κ1) is 18.5. The minimum Gasteiger partial charge on any atom is -0.459 e. The second-order valence-electron chi connectivity index (χ2n) is 5.31. The SMILES string of the molecule is Cc1ccccc1N(CC(=O)OCc1ccccc1Br)S(C)(=O)=O. The number of rotatable bonds is 6. The third-order valence-electron chi connectivity index (χ3n) is 3.40. The molecule has 5 nitrogen and oxygen atoms in total. The molecule has 0 aliphatic heterocycles. The normalized spacial score (nSPS) is 11.1. The molecule has 128 valence electrons. The van der Waals surface area contributed by atoms with Gasteiger partial charge in [-0.15, -0.1) is 0 Å². The number of nitrogens with zero attached hydrogens (tertiary/aromatic N) is 1. The van der Waals surface area contributed by atoms with E-state index in [1.807, 2.05) is 30.3 Å². The minimum atomic E-state index is -3.60. The Morgan fingerprint density at radius 1 is 1.12 bits per heavy atom. The summed E-state index contributed by atoms with van der Waals surface area (Å²) in [5, 5.41) is 0. The lowest BCUT2D eigenvalue weighted by molar-refractivity contribution is -0.143. The van der Waals surface area contributed by atoms with Crippen LogP contribution in [0, 0.1) is 6.92 Å². The van der Waals surface area contributed by atoms with E-state index in [1.165, 1.54) is 0 Å². The average Bonchev–Trinajstić information content (AvgIpc) is 2.52. The van der Waals surface area contributed by atoms with Crippen LogP contribution in [-0.4, -0.2) is 27.2 Å². The van der Waals surface area contributed by atoms with Crippen LogP contribution < -0.4 is 4.31 Å². The molecule has 0 spiro atoms. The number of halogens is 1. The highest BCUT2D eigenvalue weighted by Crippen LogP contribution is 2.22. The zero-order valence-electron chi connectivity index (χ0n) is 13.4. The van der Waals surface area contributed by atoms with E-state index in [4.69, 9.17) is 4.74 Å². The van der Waals surface area contributed by atoms with Gasteiger partial charge in [0.2, 0.25) is 10.0 Å². The van der Waals surface area contributed by atoms with E-state index in [-0.39, 0.29) is 13.2 Å². The van der Waals surface area contributed by atoms with E-state index in [1.54, 1.807) is 25.1 Å². The molecular formula is C17H18BrNO4S. The van der Waals surface area contributed by atoms with Gasteiger partial charge in [-0.2, -0.15) is 0 Å². The Hall–Kier alpha value is -1.86. The second kappa shape index (κ2) is 7.81. The lowest BCUT2D eigenvalue weighted by Gasteiger charge is -2.23. The molecular weight excluding hydrogens is 394 g/mol. The molecule has 0 saturated carbocycles. The fourth-order valence-electron chi connectivity index (χ4n) is 2.16. The number of carbonyl (C=O) groups is 1. The molecule has 0 fully saturated rings. The summed E-state index contributed by atoms with van der Waals surface area (Å²) < 4.78 is 31.2. The predicted octanol–water partition coefficient (Wildman–Crippen LogP) is 3.27. The number of ether oxygens (including phenoxy) is 1. The lowest BCUT2D eigenvalue weighted by Crippen LogP contribution is -2.36. The van der Waals surface area contributed by atoms with Crippen molar-refractivity contribution in [3.63, 3.8) is 0 Å². The number of carbonyl (C=O) groups excluding carboxylic acids is 1. The number of hydrogen-bond donors (Lipinski definition) is 0. The number of sulfonamides is 1. The van der Waals surface area contributed by atoms with E-state index in [0.29, 0.717) is 5.69 Å². The molecule has 0 aromatic heterocycles. The molecule has 0 saturated heterocycles. The van der Waals surface area contributed by atoms with Crippen LogP contribution in [-0.2, 0) is 26.2 Å². The van der Waals surface area contributed by atoms with Gasteiger partial charge in [-0.1, -0.05) is 52.3 Å². The van der Waals surface area contributed by atoms with Crippen LogP contribution in [0.2, 0.25) is 0 Å². The highest BCUT2D eigenvalue weighted by molar-refractivity contribution is 9.10. The first-order valence-electron chi connectivity index (χ1n) is 7.21. The number of para-hydroxylation sites is 1. The topological polar surface area (TPSA) is 63.7 Å². The van der Waals surface area contributed by atoms with E-state index in [2.05, 4.69) is 15.9 Å². The van der Waals surface area contributed by atoms with Crippen LogP contribution in [0.1, 0.15) is 11.1 Å². The molecule has 0 aliphatic carbocycles. The van der Waals surface area contributed by atoms with E-state index in [9.17, 15) is 13.2 Å². The number of benzene rings is 2. The van der Waals surface area contributed by atoms with Crippen molar-refractivity contribution in [1.82, 2.24) is 0 Å². The summed E-state index contributed by atoms with van der Waals surface area (Å²) in [6.45, 7) is 1.50. The predicted molar refractivity (Wildman–Crippen MR) is 97.3 cm³/mol. The first-order valence-corrected chi connectivity index (χ1v) is 9.85. The molecule has 2 rings (SSSR count). The minimum absolute atomic E-state index is 0.0750. The van der Waals surface area contributed by atoms with Crippen LogP contribution in [0.4, 0.5) is 5.69 Å². The molecule has 0 radical (unpaired) electrons. The molecule has 7 heteroatoms. The van der Waals surface area contributed by atoms with Crippen LogP contribution in [0.5, 0.6) is 0 Å². The Balaban J connectivity index is 2.12. The monoisotopic (exact) mass is 411 g/mol. The quantitative estimate of drug-likeness (QED) is 0.684. The summed E-state index contributed by atoms with van der Waals surface area (Å²) in [6, 6.07) is 14.4. The van der Waals surface area contributed by atoms with E-state index in [0.717, 1.165) is 26.2 Å². The summed E-state index contributed by atoms with van der Waals surface area (Å²) in [7, 11) is -3.60. The number of anilines is 1. The molecule has 0 amide bonds. The van der Waals surface area contributed by atoms with Gasteiger partial charge in [-0.05, 0) is 24.6 Å². The van der Waals surface area contributed by atoms with E-state index < -0.39 is 16.0 Å². The Kier molecular flexibility index (Phi) is 6.01. The maximum atomic E-state index is 12.1. The first-order chi connectivity index (χ1) is 11.3. The Morgan fingerprint density at radius 2 is 1.75 bits per heavy atom. The van der Waals surface area contributed by atoms with Crippen LogP contribution in [0.15, 0.2) is 53.0 Å². The molecule has 24 heavy (non-hydrogen) atoms. The largest absolute Gasteiger partial charge is 0.459 e. The Bertz CT molecular complexity index is 836. The molecule has 0 unspecified atom stereocenters. The van der Waals surface area contributed by atoms with Crippen molar-refractivity contribution in [2.45, 2.75) is 13.5 Å². The van der Waals surface area contributed by atoms with Crippen molar-refractivity contribution in [3.8, 4) is 0 Å². The maximum Gasteiger partial charge on any atom is 0.327 e. The van der Waals surface area contributed by atoms with Gasteiger partial charge in [-0.3, -0.25) is 9.10 Å². The van der Waals surface area contributed by atoms with Crippen LogP contribution >= 0.6 is 15.9 Å². The fourth-order valence-corrected chi connectivity index (χ4v) is 3.46. The summed E-state index contributed by atoms with van der Waals surface area (Å²) in [6.07, 6.45) is 1.07. The van der Waals surface area contributed by atoms with Gasteiger partial charge in [0.1, 0.15) is 13.2 Å². The van der Waals surface area contributed by atoms with Crippen molar-refractivity contribution in [1.29, 1.82) is 0 Å². The molecule has 2 aromatic rings. The molecule has 0 bridgehead atoms. The van der Waals surface area contributed by atoms with Crippen molar-refractivity contribution in [2.75, 3.05) is 17.1 Å². The standard InChI is InChI=1S/C17H18BrNO4S/c1-13-7-3-6-10-16(13)19(24(2,21)22)11-17(20)23-12-14-8-4-5-9-15(14)18/h3-10H,11-12H2,1-2H3.